The fraction of sp³-hybridized carbons (Fsp3) is 0.136. The first-order valence-electron chi connectivity index (χ1n) is 9.09. The van der Waals surface area contributed by atoms with Crippen molar-refractivity contribution in [2.45, 2.75) is 16.3 Å². The Balaban J connectivity index is 1.48. The lowest BCUT2D eigenvalue weighted by Crippen LogP contribution is -2.35. The highest BCUT2D eigenvalue weighted by Crippen LogP contribution is 2.28. The van der Waals surface area contributed by atoms with Crippen LogP contribution in [-0.4, -0.2) is 29.9 Å². The Hall–Kier alpha value is -3.19. The van der Waals surface area contributed by atoms with Crippen LogP contribution in [0.3, 0.4) is 0 Å². The molecule has 2 amide bonds. The lowest BCUT2D eigenvalue weighted by molar-refractivity contribution is -0.120. The van der Waals surface area contributed by atoms with Gasteiger partial charge in [-0.15, -0.1) is 0 Å². The van der Waals surface area contributed by atoms with E-state index >= 15 is 0 Å². The molecule has 0 unspecified atom stereocenters. The Bertz CT molecular complexity index is 983. The number of aromatic nitrogens is 1. The maximum atomic E-state index is 13.2. The minimum Gasteiger partial charge on any atom is -0.354 e. The number of halogens is 1. The molecule has 0 saturated heterocycles. The summed E-state index contributed by atoms with van der Waals surface area (Å²) in [6.07, 6.45) is 1.74. The topological polar surface area (TPSA) is 71.1 Å². The largest absolute Gasteiger partial charge is 0.354 e. The van der Waals surface area contributed by atoms with Crippen LogP contribution in [0.5, 0.6) is 0 Å². The third-order valence-electron chi connectivity index (χ3n) is 3.96. The van der Waals surface area contributed by atoms with Crippen molar-refractivity contribution in [2.24, 2.45) is 0 Å². The molecule has 0 bridgehead atoms. The second kappa shape index (κ2) is 10.4. The Labute approximate surface area is 172 Å². The number of amides is 2. The predicted molar refractivity (Wildman–Crippen MR) is 110 cm³/mol. The van der Waals surface area contributed by atoms with E-state index in [1.165, 1.54) is 23.9 Å². The molecule has 3 aromatic rings. The van der Waals surface area contributed by atoms with Gasteiger partial charge in [0, 0.05) is 24.2 Å². The molecular formula is C22H20FN3O2S. The standard InChI is InChI=1S/C22H20FN3O2S/c23-17-7-4-6-16(14-17)15-20(27)24-12-13-25-21(28)19-10-5-11-26-22(19)29-18-8-2-1-3-9-18/h1-11,14H,12-13,15H2,(H,24,27)(H,25,28). The van der Waals surface area contributed by atoms with Crippen molar-refractivity contribution in [3.05, 3.63) is 89.9 Å². The average Bonchev–Trinajstić information content (AvgIpc) is 2.72. The monoisotopic (exact) mass is 409 g/mol. The van der Waals surface area contributed by atoms with Gasteiger partial charge in [0.25, 0.3) is 5.91 Å². The number of hydrogen-bond acceptors (Lipinski definition) is 4. The molecule has 1 heterocycles. The highest BCUT2D eigenvalue weighted by atomic mass is 32.2. The molecule has 2 N–H and O–H groups in total. The highest BCUT2D eigenvalue weighted by molar-refractivity contribution is 7.99. The number of pyridine rings is 1. The molecule has 148 valence electrons. The smallest absolute Gasteiger partial charge is 0.254 e. The van der Waals surface area contributed by atoms with Gasteiger partial charge in [-0.2, -0.15) is 0 Å². The van der Waals surface area contributed by atoms with Crippen molar-refractivity contribution in [3.63, 3.8) is 0 Å². The van der Waals surface area contributed by atoms with E-state index in [9.17, 15) is 14.0 Å². The molecule has 0 aliphatic carbocycles. The SMILES string of the molecule is O=C(Cc1cccc(F)c1)NCCNC(=O)c1cccnc1Sc1ccccc1. The molecular weight excluding hydrogens is 389 g/mol. The van der Waals surface area contributed by atoms with Crippen LogP contribution in [0.1, 0.15) is 15.9 Å². The summed E-state index contributed by atoms with van der Waals surface area (Å²) in [6.45, 7) is 0.555. The molecule has 0 aliphatic rings. The fourth-order valence-corrected chi connectivity index (χ4v) is 3.51. The van der Waals surface area contributed by atoms with Gasteiger partial charge in [0.1, 0.15) is 10.8 Å². The van der Waals surface area contributed by atoms with Crippen molar-refractivity contribution in [2.75, 3.05) is 13.1 Å². The van der Waals surface area contributed by atoms with Gasteiger partial charge >= 0.3 is 0 Å². The maximum absolute atomic E-state index is 13.2. The molecule has 5 nitrogen and oxygen atoms in total. The molecule has 0 aliphatic heterocycles. The zero-order valence-corrected chi connectivity index (χ0v) is 16.4. The summed E-state index contributed by atoms with van der Waals surface area (Å²) in [6, 6.07) is 19.0. The summed E-state index contributed by atoms with van der Waals surface area (Å²) in [5.74, 6) is -0.856. The van der Waals surface area contributed by atoms with Crippen LogP contribution in [0.15, 0.2) is 82.8 Å². The minimum atomic E-state index is -0.372. The molecule has 1 aromatic heterocycles. The Morgan fingerprint density at radius 3 is 2.52 bits per heavy atom. The zero-order valence-electron chi connectivity index (χ0n) is 15.6. The molecule has 29 heavy (non-hydrogen) atoms. The first-order valence-corrected chi connectivity index (χ1v) is 9.91. The number of carbonyl (C=O) groups excluding carboxylic acids is 2. The van der Waals surface area contributed by atoms with Crippen LogP contribution < -0.4 is 10.6 Å². The molecule has 0 spiro atoms. The van der Waals surface area contributed by atoms with Crippen molar-refractivity contribution >= 4 is 23.6 Å². The Kier molecular flexibility index (Phi) is 7.35. The third-order valence-corrected chi connectivity index (χ3v) is 4.99. The fourth-order valence-electron chi connectivity index (χ4n) is 2.61. The molecule has 2 aromatic carbocycles. The van der Waals surface area contributed by atoms with Gasteiger partial charge in [-0.05, 0) is 42.0 Å². The summed E-state index contributed by atoms with van der Waals surface area (Å²) in [7, 11) is 0. The predicted octanol–water partition coefficient (Wildman–Crippen LogP) is 3.46. The van der Waals surface area contributed by atoms with E-state index in [0.29, 0.717) is 16.2 Å². The van der Waals surface area contributed by atoms with Crippen LogP contribution in [-0.2, 0) is 11.2 Å². The van der Waals surface area contributed by atoms with Crippen LogP contribution in [0.4, 0.5) is 4.39 Å². The second-order valence-electron chi connectivity index (χ2n) is 6.18. The molecule has 3 rings (SSSR count). The van der Waals surface area contributed by atoms with E-state index in [-0.39, 0.29) is 37.1 Å². The minimum absolute atomic E-state index is 0.0895. The first-order chi connectivity index (χ1) is 14.1. The summed E-state index contributed by atoms with van der Waals surface area (Å²) < 4.78 is 13.2. The van der Waals surface area contributed by atoms with Crippen molar-refractivity contribution in [1.29, 1.82) is 0 Å². The lowest BCUT2D eigenvalue weighted by atomic mass is 10.1. The van der Waals surface area contributed by atoms with E-state index in [1.54, 1.807) is 30.5 Å². The normalized spacial score (nSPS) is 10.4. The molecule has 0 radical (unpaired) electrons. The Morgan fingerprint density at radius 1 is 0.931 bits per heavy atom. The van der Waals surface area contributed by atoms with E-state index < -0.39 is 0 Å². The Morgan fingerprint density at radius 2 is 1.72 bits per heavy atom. The van der Waals surface area contributed by atoms with Crippen molar-refractivity contribution < 1.29 is 14.0 Å². The summed E-state index contributed by atoms with van der Waals surface area (Å²) in [5.41, 5.74) is 1.08. The van der Waals surface area contributed by atoms with Crippen LogP contribution >= 0.6 is 11.8 Å². The molecule has 7 heteroatoms. The number of rotatable bonds is 8. The van der Waals surface area contributed by atoms with E-state index in [2.05, 4.69) is 15.6 Å². The van der Waals surface area contributed by atoms with Crippen LogP contribution in [0.2, 0.25) is 0 Å². The van der Waals surface area contributed by atoms with Crippen molar-refractivity contribution in [3.8, 4) is 0 Å². The van der Waals surface area contributed by atoms with Gasteiger partial charge in [0.2, 0.25) is 5.91 Å². The molecule has 0 saturated carbocycles. The van der Waals surface area contributed by atoms with E-state index in [4.69, 9.17) is 0 Å². The summed E-state index contributed by atoms with van der Waals surface area (Å²) >= 11 is 1.42. The van der Waals surface area contributed by atoms with Gasteiger partial charge in [0.05, 0.1) is 12.0 Å². The van der Waals surface area contributed by atoms with Crippen LogP contribution in [0, 0.1) is 5.82 Å². The number of nitrogens with zero attached hydrogens (tertiary/aromatic N) is 1. The number of benzene rings is 2. The van der Waals surface area contributed by atoms with Gasteiger partial charge in [-0.3, -0.25) is 9.59 Å². The second-order valence-corrected chi connectivity index (χ2v) is 7.25. The zero-order chi connectivity index (χ0) is 20.5. The van der Waals surface area contributed by atoms with Gasteiger partial charge < -0.3 is 10.6 Å². The highest BCUT2D eigenvalue weighted by Gasteiger charge is 2.13. The quantitative estimate of drug-likeness (QED) is 0.559. The maximum Gasteiger partial charge on any atom is 0.254 e. The average molecular weight is 409 g/mol. The number of nitrogens with one attached hydrogen (secondary N) is 2. The number of carbonyl (C=O) groups is 2. The van der Waals surface area contributed by atoms with Gasteiger partial charge in [-0.25, -0.2) is 9.37 Å². The van der Waals surface area contributed by atoms with Gasteiger partial charge in [-0.1, -0.05) is 42.1 Å². The number of hydrogen-bond donors (Lipinski definition) is 2. The van der Waals surface area contributed by atoms with E-state index in [0.717, 1.165) is 4.90 Å². The lowest BCUT2D eigenvalue weighted by Gasteiger charge is -2.10. The van der Waals surface area contributed by atoms with Gasteiger partial charge in [0.15, 0.2) is 0 Å². The summed E-state index contributed by atoms with van der Waals surface area (Å²) in [5, 5.41) is 6.12. The summed E-state index contributed by atoms with van der Waals surface area (Å²) in [4.78, 5) is 29.7. The first kappa shape index (κ1) is 20.5. The third kappa shape index (κ3) is 6.43. The molecule has 0 fully saturated rings. The van der Waals surface area contributed by atoms with Crippen molar-refractivity contribution in [1.82, 2.24) is 15.6 Å². The molecule has 0 atom stereocenters. The van der Waals surface area contributed by atoms with Crippen LogP contribution in [0.25, 0.3) is 0 Å². The van der Waals surface area contributed by atoms with E-state index in [1.807, 2.05) is 30.3 Å².